The van der Waals surface area contributed by atoms with E-state index < -0.39 is 0 Å². The van der Waals surface area contributed by atoms with Crippen molar-refractivity contribution in [1.82, 2.24) is 4.90 Å². The Labute approximate surface area is 124 Å². The summed E-state index contributed by atoms with van der Waals surface area (Å²) in [6, 6.07) is 4.78. The molecule has 0 aromatic heterocycles. The van der Waals surface area contributed by atoms with Crippen LogP contribution in [0, 0.1) is 15.5 Å². The molecular weight excluding hydrogens is 278 g/mol. The largest absolute Gasteiger partial charge is 0.330 e. The second kappa shape index (κ2) is 7.02. The Kier molecular flexibility index (Phi) is 5.92. The number of nitrogens with zero attached hydrogens (tertiary/aromatic N) is 2. The minimum absolute atomic E-state index is 0.0357. The number of hydrogen-bond donors (Lipinski definition) is 1. The molecule has 0 aliphatic carbocycles. The van der Waals surface area contributed by atoms with E-state index in [2.05, 4.69) is 18.7 Å². The number of nitrogens with two attached hydrogens (primary N) is 1. The molecule has 0 saturated carbocycles. The quantitative estimate of drug-likeness (QED) is 0.620. The van der Waals surface area contributed by atoms with E-state index in [1.165, 1.54) is 6.07 Å². The molecule has 0 fully saturated rings. The summed E-state index contributed by atoms with van der Waals surface area (Å²) in [4.78, 5) is 12.8. The summed E-state index contributed by atoms with van der Waals surface area (Å²) >= 11 is 6.12. The molecule has 0 unspecified atom stereocenters. The number of halogens is 1. The van der Waals surface area contributed by atoms with Gasteiger partial charge in [0.05, 0.1) is 15.5 Å². The second-order valence-electron chi connectivity index (χ2n) is 5.67. The fourth-order valence-corrected chi connectivity index (χ4v) is 2.28. The van der Waals surface area contributed by atoms with Crippen molar-refractivity contribution < 1.29 is 4.92 Å². The molecular formula is C14H22ClN3O2. The van der Waals surface area contributed by atoms with Gasteiger partial charge >= 0.3 is 0 Å². The van der Waals surface area contributed by atoms with Gasteiger partial charge in [-0.05, 0) is 24.6 Å². The third kappa shape index (κ3) is 4.44. The lowest BCUT2D eigenvalue weighted by Crippen LogP contribution is -2.38. The van der Waals surface area contributed by atoms with E-state index in [4.69, 9.17) is 17.3 Å². The molecule has 0 aliphatic rings. The first-order valence-electron chi connectivity index (χ1n) is 6.65. The summed E-state index contributed by atoms with van der Waals surface area (Å²) in [6.45, 7) is 8.75. The highest BCUT2D eigenvalue weighted by Gasteiger charge is 2.23. The minimum atomic E-state index is -0.386. The molecule has 1 aromatic rings. The van der Waals surface area contributed by atoms with Crippen molar-refractivity contribution in [1.29, 1.82) is 0 Å². The summed E-state index contributed by atoms with van der Waals surface area (Å²) < 4.78 is 0. The lowest BCUT2D eigenvalue weighted by Gasteiger charge is -2.31. The van der Waals surface area contributed by atoms with Crippen molar-refractivity contribution in [2.24, 2.45) is 11.1 Å². The van der Waals surface area contributed by atoms with Gasteiger partial charge in [-0.1, -0.05) is 38.4 Å². The highest BCUT2D eigenvalue weighted by molar-refractivity contribution is 6.31. The summed E-state index contributed by atoms with van der Waals surface area (Å²) in [5.74, 6) is 0. The van der Waals surface area contributed by atoms with Gasteiger partial charge in [-0.2, -0.15) is 0 Å². The zero-order valence-electron chi connectivity index (χ0n) is 12.2. The van der Waals surface area contributed by atoms with E-state index in [1.807, 2.05) is 6.92 Å². The molecule has 112 valence electrons. The summed E-state index contributed by atoms with van der Waals surface area (Å²) in [6.07, 6.45) is 0. The second-order valence-corrected chi connectivity index (χ2v) is 6.07. The highest BCUT2D eigenvalue weighted by atomic mass is 35.5. The maximum atomic E-state index is 11.1. The van der Waals surface area contributed by atoms with Crippen molar-refractivity contribution in [2.75, 3.05) is 19.6 Å². The summed E-state index contributed by atoms with van der Waals surface area (Å²) in [5.41, 5.74) is 6.35. The van der Waals surface area contributed by atoms with Crippen LogP contribution in [0.15, 0.2) is 18.2 Å². The van der Waals surface area contributed by atoms with Crippen LogP contribution in [0.25, 0.3) is 0 Å². The van der Waals surface area contributed by atoms with Gasteiger partial charge in [-0.25, -0.2) is 0 Å². The lowest BCUT2D eigenvalue weighted by atomic mass is 9.93. The summed E-state index contributed by atoms with van der Waals surface area (Å²) in [5, 5.41) is 11.5. The molecule has 0 bridgehead atoms. The van der Waals surface area contributed by atoms with Gasteiger partial charge in [0, 0.05) is 19.2 Å². The van der Waals surface area contributed by atoms with Gasteiger partial charge in [-0.3, -0.25) is 15.0 Å². The Balaban J connectivity index is 2.98. The van der Waals surface area contributed by atoms with E-state index in [0.717, 1.165) is 13.1 Å². The molecule has 0 saturated heterocycles. The minimum Gasteiger partial charge on any atom is -0.330 e. The van der Waals surface area contributed by atoms with E-state index in [0.29, 0.717) is 23.7 Å². The van der Waals surface area contributed by atoms with Gasteiger partial charge in [0.2, 0.25) is 0 Å². The third-order valence-electron chi connectivity index (χ3n) is 3.32. The van der Waals surface area contributed by atoms with Crippen molar-refractivity contribution in [3.8, 4) is 0 Å². The van der Waals surface area contributed by atoms with Crippen molar-refractivity contribution in [3.05, 3.63) is 38.9 Å². The normalized spacial score (nSPS) is 11.9. The van der Waals surface area contributed by atoms with Crippen LogP contribution in [0.5, 0.6) is 0 Å². The fourth-order valence-electron chi connectivity index (χ4n) is 2.05. The van der Waals surface area contributed by atoms with E-state index in [1.54, 1.807) is 12.1 Å². The predicted octanol–water partition coefficient (Wildman–Crippen LogP) is 3.06. The van der Waals surface area contributed by atoms with Crippen molar-refractivity contribution in [3.63, 3.8) is 0 Å². The maximum Gasteiger partial charge on any atom is 0.275 e. The van der Waals surface area contributed by atoms with Gasteiger partial charge < -0.3 is 5.73 Å². The first kappa shape index (κ1) is 16.9. The lowest BCUT2D eigenvalue weighted by molar-refractivity contribution is -0.385. The highest BCUT2D eigenvalue weighted by Crippen LogP contribution is 2.28. The molecule has 1 aromatic carbocycles. The Hall–Kier alpha value is -1.17. The topological polar surface area (TPSA) is 72.4 Å². The van der Waals surface area contributed by atoms with Crippen LogP contribution in [0.1, 0.15) is 26.3 Å². The monoisotopic (exact) mass is 299 g/mol. The first-order chi connectivity index (χ1) is 9.30. The van der Waals surface area contributed by atoms with Crippen molar-refractivity contribution >= 4 is 17.3 Å². The van der Waals surface area contributed by atoms with Crippen LogP contribution < -0.4 is 5.73 Å². The Morgan fingerprint density at radius 1 is 1.45 bits per heavy atom. The van der Waals surface area contributed by atoms with Crippen LogP contribution in [0.4, 0.5) is 5.69 Å². The molecule has 0 spiro atoms. The molecule has 0 radical (unpaired) electrons. The van der Waals surface area contributed by atoms with Gasteiger partial charge in [-0.15, -0.1) is 0 Å². The number of nitro groups is 1. The smallest absolute Gasteiger partial charge is 0.275 e. The molecule has 0 aliphatic heterocycles. The molecule has 1 rings (SSSR count). The van der Waals surface area contributed by atoms with Gasteiger partial charge in [0.15, 0.2) is 0 Å². The van der Waals surface area contributed by atoms with Crippen LogP contribution in [0.2, 0.25) is 5.02 Å². The van der Waals surface area contributed by atoms with Crippen molar-refractivity contribution in [2.45, 2.75) is 27.3 Å². The summed E-state index contributed by atoms with van der Waals surface area (Å²) in [7, 11) is 0. The SMILES string of the molecule is CCN(Cc1c(Cl)cccc1[N+](=O)[O-])CC(C)(C)CN. The number of nitro benzene ring substituents is 1. The van der Waals surface area contributed by atoms with E-state index in [9.17, 15) is 10.1 Å². The molecule has 0 heterocycles. The average molecular weight is 300 g/mol. The average Bonchev–Trinajstić information content (AvgIpc) is 2.39. The van der Waals surface area contributed by atoms with Crippen LogP contribution in [-0.2, 0) is 6.54 Å². The Morgan fingerprint density at radius 2 is 2.10 bits per heavy atom. The maximum absolute atomic E-state index is 11.1. The van der Waals surface area contributed by atoms with E-state index in [-0.39, 0.29) is 16.0 Å². The standard InChI is InChI=1S/C14H22ClN3O2/c1-4-17(10-14(2,3)9-16)8-11-12(15)6-5-7-13(11)18(19)20/h5-7H,4,8-10,16H2,1-3H3. The molecule has 5 nitrogen and oxygen atoms in total. The predicted molar refractivity (Wildman–Crippen MR) is 81.9 cm³/mol. The molecule has 0 atom stereocenters. The zero-order valence-corrected chi connectivity index (χ0v) is 13.0. The molecule has 2 N–H and O–H groups in total. The first-order valence-corrected chi connectivity index (χ1v) is 7.02. The molecule has 20 heavy (non-hydrogen) atoms. The van der Waals surface area contributed by atoms with Crippen LogP contribution in [-0.4, -0.2) is 29.5 Å². The Morgan fingerprint density at radius 3 is 2.60 bits per heavy atom. The number of benzene rings is 1. The van der Waals surface area contributed by atoms with Gasteiger partial charge in [0.1, 0.15) is 0 Å². The van der Waals surface area contributed by atoms with E-state index >= 15 is 0 Å². The van der Waals surface area contributed by atoms with Crippen LogP contribution >= 0.6 is 11.6 Å². The zero-order chi connectivity index (χ0) is 15.3. The van der Waals surface area contributed by atoms with Crippen LogP contribution in [0.3, 0.4) is 0 Å². The fraction of sp³-hybridized carbons (Fsp3) is 0.571. The molecule has 0 amide bonds. The van der Waals surface area contributed by atoms with Gasteiger partial charge in [0.25, 0.3) is 5.69 Å². The third-order valence-corrected chi connectivity index (χ3v) is 3.68. The molecule has 6 heteroatoms. The number of hydrogen-bond acceptors (Lipinski definition) is 4. The Bertz CT molecular complexity index is 477. The number of rotatable bonds is 7.